The molecule has 1 aromatic carbocycles. The molecule has 0 aliphatic rings. The fourth-order valence-electron chi connectivity index (χ4n) is 1.60. The smallest absolute Gasteiger partial charge is 0.354 e. The zero-order valence-electron chi connectivity index (χ0n) is 12.0. The number of nitro groups is 1. The van der Waals surface area contributed by atoms with Gasteiger partial charge in [-0.15, -0.1) is 0 Å². The summed E-state index contributed by atoms with van der Waals surface area (Å²) in [6.45, 7) is 1.41. The van der Waals surface area contributed by atoms with Gasteiger partial charge in [0.2, 0.25) is 0 Å². The molecule has 0 saturated carbocycles. The zero-order valence-corrected chi connectivity index (χ0v) is 12.0. The van der Waals surface area contributed by atoms with Crippen LogP contribution in [0.25, 0.3) is 0 Å². The van der Waals surface area contributed by atoms with Crippen LogP contribution in [-0.4, -0.2) is 31.1 Å². The lowest BCUT2D eigenvalue weighted by molar-refractivity contribution is -0.384. The number of nitrogens with one attached hydrogen (secondary N) is 1. The normalized spacial score (nSPS) is 10.8. The van der Waals surface area contributed by atoms with Crippen LogP contribution in [0.5, 0.6) is 0 Å². The van der Waals surface area contributed by atoms with Gasteiger partial charge in [-0.3, -0.25) is 10.1 Å². The van der Waals surface area contributed by atoms with E-state index in [0.29, 0.717) is 6.07 Å². The Hall–Kier alpha value is -2.97. The van der Waals surface area contributed by atoms with Crippen molar-refractivity contribution in [2.45, 2.75) is 6.92 Å². The lowest BCUT2D eigenvalue weighted by atomic mass is 10.1. The largest absolute Gasteiger partial charge is 0.466 e. The van der Waals surface area contributed by atoms with E-state index in [-0.39, 0.29) is 16.9 Å². The third-order valence-corrected chi connectivity index (χ3v) is 2.60. The number of rotatable bonds is 5. The number of carbonyl (C=O) groups is 2. The molecule has 118 valence electrons. The highest BCUT2D eigenvalue weighted by Gasteiger charge is 2.22. The molecule has 1 N–H and O–H groups in total. The first kappa shape index (κ1) is 17.1. The fourth-order valence-corrected chi connectivity index (χ4v) is 1.60. The summed E-state index contributed by atoms with van der Waals surface area (Å²) in [7, 11) is 2.17. The molecule has 1 aromatic rings. The highest BCUT2D eigenvalue weighted by molar-refractivity contribution is 5.99. The molecule has 0 aliphatic heterocycles. The van der Waals surface area contributed by atoms with Gasteiger partial charge in [0.25, 0.3) is 5.69 Å². The molecule has 0 amide bonds. The Balaban J connectivity index is 3.35. The van der Waals surface area contributed by atoms with Crippen LogP contribution in [0.3, 0.4) is 0 Å². The van der Waals surface area contributed by atoms with Crippen LogP contribution in [0.2, 0.25) is 0 Å². The lowest BCUT2D eigenvalue weighted by Crippen LogP contribution is -2.17. The average Bonchev–Trinajstić information content (AvgIpc) is 2.47. The van der Waals surface area contributed by atoms with Crippen molar-refractivity contribution < 1.29 is 28.4 Å². The van der Waals surface area contributed by atoms with E-state index in [2.05, 4.69) is 14.8 Å². The minimum absolute atomic E-state index is 0.132. The Morgan fingerprint density at radius 2 is 1.95 bits per heavy atom. The first-order chi connectivity index (χ1) is 10.3. The summed E-state index contributed by atoms with van der Waals surface area (Å²) in [6.07, 6.45) is 0.776. The first-order valence-corrected chi connectivity index (χ1v) is 5.89. The van der Waals surface area contributed by atoms with Gasteiger partial charge in [-0.05, 0) is 18.6 Å². The topological polar surface area (TPSA) is 108 Å². The number of carbonyl (C=O) groups excluding carboxylic acids is 2. The number of methoxy groups -OCH3 is 2. The molecule has 0 spiro atoms. The van der Waals surface area contributed by atoms with Gasteiger partial charge in [0, 0.05) is 0 Å². The van der Waals surface area contributed by atoms with E-state index < -0.39 is 28.4 Å². The lowest BCUT2D eigenvalue weighted by Gasteiger charge is -2.12. The van der Waals surface area contributed by atoms with Gasteiger partial charge in [-0.2, -0.15) is 0 Å². The molecular weight excluding hydrogens is 299 g/mol. The number of benzene rings is 1. The number of hydrogen-bond donors (Lipinski definition) is 1. The van der Waals surface area contributed by atoms with Crippen LogP contribution in [0.4, 0.5) is 15.8 Å². The van der Waals surface area contributed by atoms with Crippen molar-refractivity contribution in [3.63, 3.8) is 0 Å². The van der Waals surface area contributed by atoms with Crippen LogP contribution in [0.15, 0.2) is 23.9 Å². The monoisotopic (exact) mass is 312 g/mol. The first-order valence-electron chi connectivity index (χ1n) is 5.89. The predicted molar refractivity (Wildman–Crippen MR) is 73.5 cm³/mol. The van der Waals surface area contributed by atoms with Gasteiger partial charge >= 0.3 is 11.9 Å². The molecule has 8 nitrogen and oxygen atoms in total. The van der Waals surface area contributed by atoms with Crippen molar-refractivity contribution in [1.29, 1.82) is 0 Å². The van der Waals surface area contributed by atoms with Crippen LogP contribution in [-0.2, 0) is 19.1 Å². The Bertz CT molecular complexity index is 656. The fraction of sp³-hybridized carbons (Fsp3) is 0.231. The molecule has 0 saturated heterocycles. The molecule has 0 atom stereocenters. The van der Waals surface area contributed by atoms with Gasteiger partial charge in [0.05, 0.1) is 31.3 Å². The Labute approximate surface area is 124 Å². The van der Waals surface area contributed by atoms with Crippen molar-refractivity contribution in [2.24, 2.45) is 0 Å². The molecule has 0 fully saturated rings. The summed E-state index contributed by atoms with van der Waals surface area (Å²) >= 11 is 0. The van der Waals surface area contributed by atoms with Crippen LogP contribution in [0.1, 0.15) is 5.56 Å². The number of ether oxygens (including phenoxy) is 2. The molecular formula is C13H13FN2O6. The van der Waals surface area contributed by atoms with Crippen molar-refractivity contribution in [3.8, 4) is 0 Å². The number of nitrogens with zero attached hydrogens (tertiary/aromatic N) is 1. The van der Waals surface area contributed by atoms with Crippen molar-refractivity contribution in [3.05, 3.63) is 45.4 Å². The number of esters is 2. The third kappa shape index (κ3) is 4.01. The highest BCUT2D eigenvalue weighted by atomic mass is 19.1. The number of anilines is 1. The average molecular weight is 312 g/mol. The van der Waals surface area contributed by atoms with E-state index in [4.69, 9.17) is 0 Å². The second-order valence-corrected chi connectivity index (χ2v) is 4.07. The van der Waals surface area contributed by atoms with Gasteiger partial charge in [-0.1, -0.05) is 0 Å². The zero-order chi connectivity index (χ0) is 16.9. The van der Waals surface area contributed by atoms with E-state index in [1.165, 1.54) is 6.92 Å². The quantitative estimate of drug-likeness (QED) is 0.381. The van der Waals surface area contributed by atoms with E-state index in [0.717, 1.165) is 26.4 Å². The molecule has 22 heavy (non-hydrogen) atoms. The van der Waals surface area contributed by atoms with E-state index >= 15 is 0 Å². The van der Waals surface area contributed by atoms with Crippen LogP contribution >= 0.6 is 0 Å². The summed E-state index contributed by atoms with van der Waals surface area (Å²) in [5.41, 5.74) is -0.928. The number of hydrogen-bond acceptors (Lipinski definition) is 7. The maximum atomic E-state index is 13.3. The highest BCUT2D eigenvalue weighted by Crippen LogP contribution is 2.30. The Morgan fingerprint density at radius 3 is 2.45 bits per heavy atom. The van der Waals surface area contributed by atoms with E-state index in [1.54, 1.807) is 0 Å². The molecule has 1 rings (SSSR count). The summed E-state index contributed by atoms with van der Waals surface area (Å²) in [5, 5.41) is 13.4. The maximum absolute atomic E-state index is 13.3. The summed E-state index contributed by atoms with van der Waals surface area (Å²) < 4.78 is 22.1. The second kappa shape index (κ2) is 7.16. The molecule has 0 heterocycles. The molecule has 0 aliphatic carbocycles. The SMILES string of the molecule is COC(=O)/C=C(/Nc1c(C)cc(F)cc1[N+](=O)[O-])C(=O)OC. The van der Waals surface area contributed by atoms with Gasteiger partial charge in [-0.25, -0.2) is 14.0 Å². The number of aryl methyl sites for hydroxylation is 1. The standard InChI is InChI=1S/C13H13FN2O6/c1-7-4-8(14)5-10(16(19)20)12(7)15-9(13(18)22-3)6-11(17)21-2/h4-6,15H,1-3H3/b9-6+. The summed E-state index contributed by atoms with van der Waals surface area (Å²) in [5.74, 6) is -2.61. The molecule has 0 unspecified atom stereocenters. The maximum Gasteiger partial charge on any atom is 0.354 e. The minimum atomic E-state index is -0.941. The Kier molecular flexibility index (Phi) is 5.56. The summed E-state index contributed by atoms with van der Waals surface area (Å²) in [4.78, 5) is 33.1. The Morgan fingerprint density at radius 1 is 1.32 bits per heavy atom. The van der Waals surface area contributed by atoms with Crippen molar-refractivity contribution >= 4 is 23.3 Å². The molecule has 0 aromatic heterocycles. The molecule has 0 bridgehead atoms. The van der Waals surface area contributed by atoms with Crippen LogP contribution < -0.4 is 5.32 Å². The van der Waals surface area contributed by atoms with Crippen molar-refractivity contribution in [1.82, 2.24) is 0 Å². The molecule has 0 radical (unpaired) electrons. The van der Waals surface area contributed by atoms with E-state index in [1.807, 2.05) is 0 Å². The molecule has 9 heteroatoms. The van der Waals surface area contributed by atoms with E-state index in [9.17, 15) is 24.1 Å². The summed E-state index contributed by atoms with van der Waals surface area (Å²) in [6, 6.07) is 1.74. The van der Waals surface area contributed by atoms with Gasteiger partial charge < -0.3 is 14.8 Å². The van der Waals surface area contributed by atoms with Gasteiger partial charge in [0.1, 0.15) is 17.2 Å². The second-order valence-electron chi connectivity index (χ2n) is 4.07. The minimum Gasteiger partial charge on any atom is -0.466 e. The number of nitro benzene ring substituents is 1. The van der Waals surface area contributed by atoms with Crippen molar-refractivity contribution in [2.75, 3.05) is 19.5 Å². The third-order valence-electron chi connectivity index (χ3n) is 2.60. The van der Waals surface area contributed by atoms with Crippen LogP contribution in [0, 0.1) is 22.9 Å². The predicted octanol–water partition coefficient (Wildman–Crippen LogP) is 1.68. The van der Waals surface area contributed by atoms with Gasteiger partial charge in [0.15, 0.2) is 0 Å². The number of halogens is 1.